The van der Waals surface area contributed by atoms with Crippen molar-refractivity contribution in [3.8, 4) is 11.8 Å². The van der Waals surface area contributed by atoms with Gasteiger partial charge >= 0.3 is 7.60 Å². The first-order valence-electron chi connectivity index (χ1n) is 7.92. The van der Waals surface area contributed by atoms with E-state index in [1.165, 1.54) is 24.3 Å². The Bertz CT molecular complexity index is 1060. The van der Waals surface area contributed by atoms with Crippen molar-refractivity contribution in [2.24, 2.45) is 0 Å². The van der Waals surface area contributed by atoms with Gasteiger partial charge in [-0.05, 0) is 60.5 Å². The van der Waals surface area contributed by atoms with E-state index >= 15 is 0 Å². The molecular weight excluding hydrogens is 363 g/mol. The number of rotatable bonds is 3. The minimum absolute atomic E-state index is 0.104. The predicted octanol–water partition coefficient (Wildman–Crippen LogP) is 2.54. The summed E-state index contributed by atoms with van der Waals surface area (Å²) < 4.78 is 11.2. The average Bonchev–Trinajstić information content (AvgIpc) is 2.67. The molecule has 134 valence electrons. The van der Waals surface area contributed by atoms with Gasteiger partial charge in [-0.25, -0.2) is 4.98 Å². The van der Waals surface area contributed by atoms with E-state index < -0.39 is 7.60 Å². The van der Waals surface area contributed by atoms with Crippen LogP contribution >= 0.6 is 7.60 Å². The summed E-state index contributed by atoms with van der Waals surface area (Å²) in [6.45, 7) is 0. The molecule has 1 aromatic heterocycles. The quantitative estimate of drug-likeness (QED) is 0.481. The van der Waals surface area contributed by atoms with Crippen molar-refractivity contribution in [1.29, 1.82) is 0 Å². The number of nitrogens with zero attached hydrogens (tertiary/aromatic N) is 1. The van der Waals surface area contributed by atoms with Gasteiger partial charge in [0.2, 0.25) is 0 Å². The van der Waals surface area contributed by atoms with E-state index in [9.17, 15) is 9.36 Å². The number of carbonyl (C=O) groups excluding carboxylic acids is 1. The molecule has 0 fully saturated rings. The summed E-state index contributed by atoms with van der Waals surface area (Å²) in [5.41, 5.74) is 2.16. The molecule has 3 aromatic rings. The molecule has 7 heteroatoms. The Morgan fingerprint density at radius 3 is 2.41 bits per heavy atom. The van der Waals surface area contributed by atoms with Crippen molar-refractivity contribution in [3.05, 3.63) is 89.7 Å². The molecule has 0 unspecified atom stereocenters. The van der Waals surface area contributed by atoms with Crippen LogP contribution in [0.5, 0.6) is 0 Å². The van der Waals surface area contributed by atoms with Crippen LogP contribution in [0.4, 0.5) is 5.69 Å². The molecule has 0 atom stereocenters. The molecule has 0 saturated carbocycles. The summed E-state index contributed by atoms with van der Waals surface area (Å²) >= 11 is 0. The number of pyridine rings is 1. The molecule has 0 spiro atoms. The van der Waals surface area contributed by atoms with Crippen LogP contribution in [-0.4, -0.2) is 20.7 Å². The zero-order valence-electron chi connectivity index (χ0n) is 14.0. The lowest BCUT2D eigenvalue weighted by molar-refractivity contribution is 0.102. The van der Waals surface area contributed by atoms with Crippen LogP contribution in [0.15, 0.2) is 72.9 Å². The zero-order valence-corrected chi connectivity index (χ0v) is 14.9. The maximum Gasteiger partial charge on any atom is 0.356 e. The number of hydrogen-bond acceptors (Lipinski definition) is 3. The smallest absolute Gasteiger partial charge is 0.322 e. The minimum Gasteiger partial charge on any atom is -0.322 e. The summed E-state index contributed by atoms with van der Waals surface area (Å²) in [4.78, 5) is 34.7. The van der Waals surface area contributed by atoms with Crippen LogP contribution in [-0.2, 0) is 4.57 Å². The molecular formula is C20H15N2O4P. The summed E-state index contributed by atoms with van der Waals surface area (Å²) in [5.74, 6) is 5.55. The van der Waals surface area contributed by atoms with Crippen molar-refractivity contribution in [2.75, 3.05) is 5.32 Å². The summed E-state index contributed by atoms with van der Waals surface area (Å²) in [6.07, 6.45) is 1.66. The number of aromatic nitrogens is 1. The highest BCUT2D eigenvalue weighted by Gasteiger charge is 2.16. The van der Waals surface area contributed by atoms with Crippen LogP contribution in [0.2, 0.25) is 0 Å². The first-order chi connectivity index (χ1) is 12.9. The van der Waals surface area contributed by atoms with Crippen LogP contribution in [0, 0.1) is 11.8 Å². The van der Waals surface area contributed by atoms with E-state index in [-0.39, 0.29) is 11.2 Å². The largest absolute Gasteiger partial charge is 0.356 e. The lowest BCUT2D eigenvalue weighted by Gasteiger charge is -2.08. The molecule has 0 bridgehead atoms. The van der Waals surface area contributed by atoms with Crippen LogP contribution in [0.25, 0.3) is 0 Å². The molecule has 2 aromatic carbocycles. The van der Waals surface area contributed by atoms with Crippen molar-refractivity contribution in [1.82, 2.24) is 4.98 Å². The Morgan fingerprint density at radius 1 is 0.963 bits per heavy atom. The van der Waals surface area contributed by atoms with Crippen LogP contribution < -0.4 is 10.6 Å². The van der Waals surface area contributed by atoms with Crippen molar-refractivity contribution in [2.45, 2.75) is 0 Å². The molecule has 0 aliphatic heterocycles. The van der Waals surface area contributed by atoms with E-state index in [1.807, 2.05) is 12.1 Å². The second kappa shape index (κ2) is 7.98. The van der Waals surface area contributed by atoms with Gasteiger partial charge in [-0.15, -0.1) is 0 Å². The third kappa shape index (κ3) is 5.13. The first-order valence-corrected chi connectivity index (χ1v) is 9.54. The lowest BCUT2D eigenvalue weighted by Crippen LogP contribution is -2.13. The first kappa shape index (κ1) is 18.6. The zero-order chi connectivity index (χ0) is 19.3. The van der Waals surface area contributed by atoms with Gasteiger partial charge in [-0.1, -0.05) is 18.1 Å². The van der Waals surface area contributed by atoms with Gasteiger partial charge in [-0.3, -0.25) is 9.36 Å². The number of hydrogen-bond donors (Lipinski definition) is 3. The SMILES string of the molecule is O=C(Nc1ccc(P(=O)(O)O)cc1)c1cccc(C#Cc2ccccn2)c1. The molecule has 6 nitrogen and oxygen atoms in total. The topological polar surface area (TPSA) is 99.5 Å². The van der Waals surface area contributed by atoms with Gasteiger partial charge in [0.1, 0.15) is 5.69 Å². The molecule has 0 radical (unpaired) electrons. The van der Waals surface area contributed by atoms with Gasteiger partial charge < -0.3 is 15.1 Å². The molecule has 0 aliphatic carbocycles. The minimum atomic E-state index is -4.30. The fourth-order valence-electron chi connectivity index (χ4n) is 2.25. The van der Waals surface area contributed by atoms with Crippen LogP contribution in [0.1, 0.15) is 21.6 Å². The molecule has 3 N–H and O–H groups in total. The Hall–Kier alpha value is -3.23. The fraction of sp³-hybridized carbons (Fsp3) is 0. The van der Waals surface area contributed by atoms with Gasteiger partial charge in [-0.2, -0.15) is 0 Å². The van der Waals surface area contributed by atoms with Crippen molar-refractivity contribution >= 4 is 24.5 Å². The maximum absolute atomic E-state index is 12.4. The molecule has 1 heterocycles. The van der Waals surface area contributed by atoms with Crippen LogP contribution in [0.3, 0.4) is 0 Å². The highest BCUT2D eigenvalue weighted by Crippen LogP contribution is 2.33. The molecule has 3 rings (SSSR count). The highest BCUT2D eigenvalue weighted by molar-refractivity contribution is 7.60. The summed E-state index contributed by atoms with van der Waals surface area (Å²) in [7, 11) is -4.30. The number of nitrogens with one attached hydrogen (secondary N) is 1. The van der Waals surface area contributed by atoms with Crippen molar-refractivity contribution in [3.63, 3.8) is 0 Å². The summed E-state index contributed by atoms with van der Waals surface area (Å²) in [6, 6.07) is 17.7. The van der Waals surface area contributed by atoms with E-state index in [4.69, 9.17) is 9.79 Å². The average molecular weight is 378 g/mol. The Labute approximate surface area is 156 Å². The van der Waals surface area contributed by atoms with Gasteiger partial charge in [0.25, 0.3) is 5.91 Å². The second-order valence-corrected chi connectivity index (χ2v) is 7.20. The normalized spacial score (nSPS) is 10.6. The van der Waals surface area contributed by atoms with E-state index in [1.54, 1.807) is 36.5 Å². The number of anilines is 1. The third-order valence-electron chi connectivity index (χ3n) is 3.59. The summed E-state index contributed by atoms with van der Waals surface area (Å²) in [5, 5.41) is 2.58. The Kier molecular flexibility index (Phi) is 5.49. The maximum atomic E-state index is 12.4. The monoisotopic (exact) mass is 378 g/mol. The lowest BCUT2D eigenvalue weighted by atomic mass is 10.1. The van der Waals surface area contributed by atoms with Gasteiger partial charge in [0.15, 0.2) is 0 Å². The Balaban J connectivity index is 1.74. The second-order valence-electron chi connectivity index (χ2n) is 5.59. The molecule has 1 amide bonds. The van der Waals surface area contributed by atoms with Gasteiger partial charge in [0, 0.05) is 23.0 Å². The van der Waals surface area contributed by atoms with E-state index in [0.29, 0.717) is 22.5 Å². The third-order valence-corrected chi connectivity index (χ3v) is 4.56. The Morgan fingerprint density at radius 2 is 1.74 bits per heavy atom. The molecule has 27 heavy (non-hydrogen) atoms. The molecule has 0 aliphatic rings. The predicted molar refractivity (Wildman–Crippen MR) is 103 cm³/mol. The standard InChI is InChI=1S/C20H15N2O4P/c23-20(22-18-9-11-19(12-10-18)27(24,25)26)16-5-3-4-15(14-16)7-8-17-6-1-2-13-21-17/h1-6,9-14H,(H,22,23)(H2,24,25,26). The van der Waals surface area contributed by atoms with E-state index in [2.05, 4.69) is 22.1 Å². The van der Waals surface area contributed by atoms with E-state index in [0.717, 1.165) is 0 Å². The number of benzene rings is 2. The van der Waals surface area contributed by atoms with Crippen molar-refractivity contribution < 1.29 is 19.1 Å². The number of amides is 1. The highest BCUT2D eigenvalue weighted by atomic mass is 31.2. The van der Waals surface area contributed by atoms with Gasteiger partial charge in [0.05, 0.1) is 5.30 Å². The fourth-order valence-corrected chi connectivity index (χ4v) is 2.79. The molecule has 0 saturated heterocycles. The number of carbonyl (C=O) groups is 1.